The Labute approximate surface area is 128 Å². The van der Waals surface area contributed by atoms with E-state index in [-0.39, 0.29) is 17.2 Å². The average Bonchev–Trinajstić information content (AvgIpc) is 2.95. The van der Waals surface area contributed by atoms with E-state index in [9.17, 15) is 9.59 Å². The Hall–Kier alpha value is -1.54. The van der Waals surface area contributed by atoms with E-state index in [0.717, 1.165) is 11.5 Å². The molecule has 1 saturated heterocycles. The van der Waals surface area contributed by atoms with Gasteiger partial charge in [-0.3, -0.25) is 9.59 Å². The van der Waals surface area contributed by atoms with Crippen molar-refractivity contribution in [2.24, 2.45) is 0 Å². The van der Waals surface area contributed by atoms with Crippen molar-refractivity contribution in [3.05, 3.63) is 10.6 Å². The minimum Gasteiger partial charge on any atom is -0.357 e. The van der Waals surface area contributed by atoms with Gasteiger partial charge in [0.25, 0.3) is 5.91 Å². The van der Waals surface area contributed by atoms with Gasteiger partial charge < -0.3 is 15.5 Å². The molecule has 0 aliphatic carbocycles. The van der Waals surface area contributed by atoms with Gasteiger partial charge in [0.05, 0.1) is 5.69 Å². The Bertz CT molecular complexity index is 537. The molecule has 1 aromatic rings. The highest BCUT2D eigenvalue weighted by Gasteiger charge is 2.36. The number of aromatic nitrogens is 2. The van der Waals surface area contributed by atoms with Crippen molar-refractivity contribution in [1.82, 2.24) is 25.1 Å². The van der Waals surface area contributed by atoms with Crippen LogP contribution in [0.4, 0.5) is 0 Å². The van der Waals surface area contributed by atoms with E-state index in [0.29, 0.717) is 30.2 Å². The molecule has 1 unspecified atom stereocenters. The topological polar surface area (TPSA) is 87.2 Å². The lowest BCUT2D eigenvalue weighted by Crippen LogP contribution is -2.59. The summed E-state index contributed by atoms with van der Waals surface area (Å²) in [6, 6.07) is -0.494. The zero-order valence-corrected chi connectivity index (χ0v) is 13.6. The molecule has 0 bridgehead atoms. The molecule has 1 fully saturated rings. The van der Waals surface area contributed by atoms with Gasteiger partial charge in [-0.2, -0.15) is 0 Å². The number of amides is 2. The summed E-state index contributed by atoms with van der Waals surface area (Å²) >= 11 is 1.10. The van der Waals surface area contributed by atoms with E-state index in [1.54, 1.807) is 11.9 Å². The number of nitrogens with one attached hydrogen (secondary N) is 2. The monoisotopic (exact) mass is 311 g/mol. The van der Waals surface area contributed by atoms with Crippen LogP contribution in [0.2, 0.25) is 0 Å². The number of nitrogens with zero attached hydrogens (tertiary/aromatic N) is 3. The summed E-state index contributed by atoms with van der Waals surface area (Å²) in [6.07, 6.45) is 0. The number of likely N-dealkylation sites (N-methyl/N-ethyl adjacent to an activating group) is 1. The van der Waals surface area contributed by atoms with Crippen LogP contribution < -0.4 is 10.6 Å². The van der Waals surface area contributed by atoms with Gasteiger partial charge in [0.1, 0.15) is 10.9 Å². The van der Waals surface area contributed by atoms with Gasteiger partial charge in [-0.05, 0) is 11.5 Å². The molecule has 2 amide bonds. The van der Waals surface area contributed by atoms with Crippen LogP contribution in [0.15, 0.2) is 0 Å². The van der Waals surface area contributed by atoms with Gasteiger partial charge in [0, 0.05) is 32.1 Å². The maximum atomic E-state index is 12.8. The van der Waals surface area contributed by atoms with Crippen molar-refractivity contribution in [3.8, 4) is 0 Å². The van der Waals surface area contributed by atoms with Crippen molar-refractivity contribution in [3.63, 3.8) is 0 Å². The van der Waals surface area contributed by atoms with E-state index < -0.39 is 6.04 Å². The molecule has 0 saturated carbocycles. The first-order valence-electron chi connectivity index (χ1n) is 6.92. The maximum Gasteiger partial charge on any atom is 0.268 e. The number of carbonyl (C=O) groups excluding carboxylic acids is 2. The van der Waals surface area contributed by atoms with Crippen LogP contribution >= 0.6 is 11.5 Å². The largest absolute Gasteiger partial charge is 0.357 e. The molecule has 1 atom stereocenters. The molecule has 1 aliphatic rings. The van der Waals surface area contributed by atoms with Gasteiger partial charge >= 0.3 is 0 Å². The highest BCUT2D eigenvalue weighted by atomic mass is 32.1. The molecule has 2 N–H and O–H groups in total. The second-order valence-electron chi connectivity index (χ2n) is 6.03. The fourth-order valence-electron chi connectivity index (χ4n) is 2.30. The Morgan fingerprint density at radius 3 is 2.76 bits per heavy atom. The molecule has 0 spiro atoms. The molecule has 1 aromatic heterocycles. The molecular formula is C13H21N5O2S. The van der Waals surface area contributed by atoms with Gasteiger partial charge in [-0.25, -0.2) is 0 Å². The fourth-order valence-corrected chi connectivity index (χ4v) is 3.13. The average molecular weight is 311 g/mol. The first-order valence-corrected chi connectivity index (χ1v) is 7.69. The number of rotatable bonds is 2. The number of carbonyl (C=O) groups is 2. The van der Waals surface area contributed by atoms with Gasteiger partial charge in [-0.1, -0.05) is 25.3 Å². The summed E-state index contributed by atoms with van der Waals surface area (Å²) in [6.45, 7) is 7.62. The third-order valence-corrected chi connectivity index (χ3v) is 4.16. The summed E-state index contributed by atoms with van der Waals surface area (Å²) < 4.78 is 3.92. The van der Waals surface area contributed by atoms with Crippen LogP contribution in [0, 0.1) is 0 Å². The lowest BCUT2D eigenvalue weighted by Gasteiger charge is -2.35. The van der Waals surface area contributed by atoms with E-state index in [2.05, 4.69) is 20.2 Å². The minimum atomic E-state index is -0.494. The highest BCUT2D eigenvalue weighted by Crippen LogP contribution is 2.27. The van der Waals surface area contributed by atoms with Crippen LogP contribution in [-0.4, -0.2) is 59.0 Å². The van der Waals surface area contributed by atoms with E-state index in [4.69, 9.17) is 0 Å². The number of hydrogen-bond donors (Lipinski definition) is 2. The van der Waals surface area contributed by atoms with Crippen LogP contribution in [0.1, 0.15) is 36.1 Å². The zero-order valence-electron chi connectivity index (χ0n) is 12.8. The van der Waals surface area contributed by atoms with E-state index in [1.807, 2.05) is 20.8 Å². The van der Waals surface area contributed by atoms with Crippen molar-refractivity contribution in [2.45, 2.75) is 32.2 Å². The normalized spacial score (nSPS) is 19.4. The standard InChI is InChI=1S/C13H21N5O2S/c1-13(2,3)10-9(21-17-16-10)12(20)18-6-5-15-7-8(18)11(19)14-4/h8,15H,5-7H2,1-4H3,(H,14,19). The molecule has 1 aliphatic heterocycles. The van der Waals surface area contributed by atoms with Crippen molar-refractivity contribution in [1.29, 1.82) is 0 Å². The third-order valence-electron chi connectivity index (χ3n) is 3.45. The van der Waals surface area contributed by atoms with Gasteiger partial charge in [-0.15, -0.1) is 5.10 Å². The molecule has 0 aromatic carbocycles. The summed E-state index contributed by atoms with van der Waals surface area (Å²) in [5.41, 5.74) is 0.431. The fraction of sp³-hybridized carbons (Fsp3) is 0.692. The van der Waals surface area contributed by atoms with Crippen LogP contribution in [0.5, 0.6) is 0 Å². The third kappa shape index (κ3) is 3.21. The molecule has 21 heavy (non-hydrogen) atoms. The van der Waals surface area contributed by atoms with Crippen LogP contribution in [0.3, 0.4) is 0 Å². The summed E-state index contributed by atoms with van der Waals surface area (Å²) in [5.74, 6) is -0.324. The molecular weight excluding hydrogens is 290 g/mol. The SMILES string of the molecule is CNC(=O)C1CNCCN1C(=O)c1snnc1C(C)(C)C. The number of hydrogen-bond acceptors (Lipinski definition) is 6. The highest BCUT2D eigenvalue weighted by molar-refractivity contribution is 7.08. The zero-order chi connectivity index (χ0) is 15.6. The summed E-state index contributed by atoms with van der Waals surface area (Å²) in [4.78, 5) is 26.9. The van der Waals surface area contributed by atoms with Crippen molar-refractivity contribution < 1.29 is 9.59 Å². The molecule has 2 heterocycles. The second-order valence-corrected chi connectivity index (χ2v) is 6.79. The Kier molecular flexibility index (Phi) is 4.58. The van der Waals surface area contributed by atoms with E-state index in [1.165, 1.54) is 0 Å². The maximum absolute atomic E-state index is 12.8. The summed E-state index contributed by atoms with van der Waals surface area (Å²) in [5, 5.41) is 9.85. The Balaban J connectivity index is 2.30. The van der Waals surface area contributed by atoms with Crippen molar-refractivity contribution in [2.75, 3.05) is 26.7 Å². The number of piperazine rings is 1. The van der Waals surface area contributed by atoms with Crippen molar-refractivity contribution >= 4 is 23.3 Å². The minimum absolute atomic E-state index is 0.162. The first kappa shape index (κ1) is 15.8. The molecule has 2 rings (SSSR count). The van der Waals surface area contributed by atoms with Crippen LogP contribution in [-0.2, 0) is 10.2 Å². The molecule has 7 nitrogen and oxygen atoms in total. The van der Waals surface area contributed by atoms with Gasteiger partial charge in [0.15, 0.2) is 0 Å². The van der Waals surface area contributed by atoms with E-state index >= 15 is 0 Å². The predicted octanol–water partition coefficient (Wildman–Crippen LogP) is -0.00440. The predicted molar refractivity (Wildman–Crippen MR) is 80.4 cm³/mol. The van der Waals surface area contributed by atoms with Gasteiger partial charge in [0.2, 0.25) is 5.91 Å². The lowest BCUT2D eigenvalue weighted by molar-refractivity contribution is -0.125. The van der Waals surface area contributed by atoms with Crippen LogP contribution in [0.25, 0.3) is 0 Å². The first-order chi connectivity index (χ1) is 9.86. The lowest BCUT2D eigenvalue weighted by atomic mass is 9.91. The Morgan fingerprint density at radius 2 is 2.14 bits per heavy atom. The molecule has 0 radical (unpaired) electrons. The molecule has 116 valence electrons. The molecule has 8 heteroatoms. The summed E-state index contributed by atoms with van der Waals surface area (Å²) in [7, 11) is 1.58. The smallest absolute Gasteiger partial charge is 0.268 e. The second kappa shape index (κ2) is 6.07. The Morgan fingerprint density at radius 1 is 1.43 bits per heavy atom. The quantitative estimate of drug-likeness (QED) is 0.802.